The Labute approximate surface area is 103 Å². The summed E-state index contributed by atoms with van der Waals surface area (Å²) in [6.45, 7) is 6.96. The topological polar surface area (TPSA) is 36.4 Å². The van der Waals surface area contributed by atoms with Crippen molar-refractivity contribution in [2.45, 2.75) is 38.8 Å². The van der Waals surface area contributed by atoms with Crippen LogP contribution in [0, 0.1) is 5.92 Å². The average Bonchev–Trinajstić information content (AvgIpc) is 2.58. The van der Waals surface area contributed by atoms with Gasteiger partial charge in [-0.25, -0.2) is 0 Å². The van der Waals surface area contributed by atoms with Crippen molar-refractivity contribution in [3.8, 4) is 0 Å². The second kappa shape index (κ2) is 5.15. The van der Waals surface area contributed by atoms with Crippen molar-refractivity contribution in [2.24, 2.45) is 5.92 Å². The first-order valence-electron chi connectivity index (χ1n) is 6.39. The molecule has 0 saturated carbocycles. The fraction of sp³-hybridized carbons (Fsp3) is 0.643. The highest BCUT2D eigenvalue weighted by Crippen LogP contribution is 2.37. The predicted octanol–water partition coefficient (Wildman–Crippen LogP) is 2.06. The summed E-state index contributed by atoms with van der Waals surface area (Å²) in [6.07, 6.45) is 5.85. The number of hydrogen-bond donors (Lipinski definition) is 1. The van der Waals surface area contributed by atoms with E-state index in [4.69, 9.17) is 5.11 Å². The van der Waals surface area contributed by atoms with E-state index in [1.807, 2.05) is 18.5 Å². The fourth-order valence-electron chi connectivity index (χ4n) is 2.86. The maximum atomic E-state index is 9.11. The average molecular weight is 234 g/mol. The highest BCUT2D eigenvalue weighted by molar-refractivity contribution is 5.10. The highest BCUT2D eigenvalue weighted by atomic mass is 16.3. The molecule has 0 aromatic carbocycles. The van der Waals surface area contributed by atoms with Gasteiger partial charge in [0.15, 0.2) is 0 Å². The fourth-order valence-corrected chi connectivity index (χ4v) is 2.86. The number of nitrogens with zero attached hydrogens (tertiary/aromatic N) is 2. The third kappa shape index (κ3) is 2.67. The number of pyridine rings is 1. The Kier molecular flexibility index (Phi) is 3.79. The zero-order chi connectivity index (χ0) is 12.3. The van der Waals surface area contributed by atoms with E-state index in [1.165, 1.54) is 12.0 Å². The van der Waals surface area contributed by atoms with Gasteiger partial charge in [-0.2, -0.15) is 0 Å². The molecule has 1 N–H and O–H groups in total. The number of aliphatic hydroxyl groups excluding tert-OH is 1. The molecular weight excluding hydrogens is 212 g/mol. The molecule has 3 nitrogen and oxygen atoms in total. The predicted molar refractivity (Wildman–Crippen MR) is 68.5 cm³/mol. The normalized spacial score (nSPS) is 24.1. The molecule has 0 amide bonds. The second-order valence-corrected chi connectivity index (χ2v) is 5.43. The highest BCUT2D eigenvalue weighted by Gasteiger charge is 2.40. The van der Waals surface area contributed by atoms with Crippen molar-refractivity contribution < 1.29 is 5.11 Å². The van der Waals surface area contributed by atoms with Crippen LogP contribution in [0.1, 0.15) is 32.3 Å². The lowest BCUT2D eigenvalue weighted by Gasteiger charge is -2.36. The van der Waals surface area contributed by atoms with E-state index in [2.05, 4.69) is 29.8 Å². The molecule has 1 aromatic rings. The van der Waals surface area contributed by atoms with Gasteiger partial charge in [0.05, 0.1) is 0 Å². The maximum absolute atomic E-state index is 9.11. The van der Waals surface area contributed by atoms with Gasteiger partial charge in [0.1, 0.15) is 0 Å². The van der Waals surface area contributed by atoms with E-state index in [9.17, 15) is 0 Å². The van der Waals surface area contributed by atoms with Gasteiger partial charge in [-0.1, -0.05) is 6.07 Å². The van der Waals surface area contributed by atoms with Gasteiger partial charge < -0.3 is 5.11 Å². The molecule has 1 unspecified atom stereocenters. The first-order chi connectivity index (χ1) is 8.14. The van der Waals surface area contributed by atoms with Crippen LogP contribution in [0.15, 0.2) is 24.5 Å². The molecule has 2 rings (SSSR count). The third-order valence-electron chi connectivity index (χ3n) is 4.14. The molecule has 1 aromatic heterocycles. The molecule has 1 saturated heterocycles. The minimum absolute atomic E-state index is 0.179. The molecule has 0 spiro atoms. The molecule has 2 heterocycles. The van der Waals surface area contributed by atoms with Crippen LogP contribution in [-0.2, 0) is 6.54 Å². The van der Waals surface area contributed by atoms with E-state index in [0.29, 0.717) is 12.5 Å². The molecule has 1 aliphatic rings. The Morgan fingerprint density at radius 2 is 2.35 bits per heavy atom. The lowest BCUT2D eigenvalue weighted by atomic mass is 9.86. The van der Waals surface area contributed by atoms with Crippen molar-refractivity contribution in [3.63, 3.8) is 0 Å². The van der Waals surface area contributed by atoms with E-state index >= 15 is 0 Å². The molecule has 0 radical (unpaired) electrons. The monoisotopic (exact) mass is 234 g/mol. The SMILES string of the molecule is CC1(C)C(CCO)CCN1Cc1cccnc1. The molecule has 94 valence electrons. The van der Waals surface area contributed by atoms with Crippen LogP contribution in [-0.4, -0.2) is 33.7 Å². The Bertz CT molecular complexity index is 350. The lowest BCUT2D eigenvalue weighted by molar-refractivity contribution is 0.115. The molecule has 17 heavy (non-hydrogen) atoms. The Morgan fingerprint density at radius 1 is 1.53 bits per heavy atom. The summed E-state index contributed by atoms with van der Waals surface area (Å²) in [5.41, 5.74) is 1.45. The van der Waals surface area contributed by atoms with E-state index in [1.54, 1.807) is 0 Å². The van der Waals surface area contributed by atoms with Gasteiger partial charge in [-0.05, 0) is 50.8 Å². The van der Waals surface area contributed by atoms with E-state index in [-0.39, 0.29) is 5.54 Å². The molecule has 3 heteroatoms. The van der Waals surface area contributed by atoms with Crippen LogP contribution in [0.5, 0.6) is 0 Å². The van der Waals surface area contributed by atoms with Crippen molar-refractivity contribution in [3.05, 3.63) is 30.1 Å². The zero-order valence-electron chi connectivity index (χ0n) is 10.8. The van der Waals surface area contributed by atoms with Gasteiger partial charge in [-0.15, -0.1) is 0 Å². The summed E-state index contributed by atoms with van der Waals surface area (Å²) in [7, 11) is 0. The Balaban J connectivity index is 2.03. The number of aromatic nitrogens is 1. The van der Waals surface area contributed by atoms with Crippen LogP contribution in [0.4, 0.5) is 0 Å². The maximum Gasteiger partial charge on any atom is 0.0434 e. The number of aliphatic hydroxyl groups is 1. The van der Waals surface area contributed by atoms with Crippen molar-refractivity contribution in [1.29, 1.82) is 0 Å². The second-order valence-electron chi connectivity index (χ2n) is 5.43. The Hall–Kier alpha value is -0.930. The molecule has 1 aliphatic heterocycles. The molecule has 1 fully saturated rings. The largest absolute Gasteiger partial charge is 0.396 e. The first-order valence-corrected chi connectivity index (χ1v) is 6.39. The van der Waals surface area contributed by atoms with Crippen LogP contribution in [0.2, 0.25) is 0 Å². The van der Waals surface area contributed by atoms with Crippen molar-refractivity contribution in [2.75, 3.05) is 13.2 Å². The van der Waals surface area contributed by atoms with Gasteiger partial charge in [-0.3, -0.25) is 9.88 Å². The van der Waals surface area contributed by atoms with Crippen LogP contribution < -0.4 is 0 Å². The Morgan fingerprint density at radius 3 is 3.00 bits per heavy atom. The number of hydrogen-bond acceptors (Lipinski definition) is 3. The quantitative estimate of drug-likeness (QED) is 0.866. The van der Waals surface area contributed by atoms with Gasteiger partial charge in [0.25, 0.3) is 0 Å². The first kappa shape index (κ1) is 12.5. The summed E-state index contributed by atoms with van der Waals surface area (Å²) in [5, 5.41) is 9.11. The molecular formula is C14H22N2O. The van der Waals surface area contributed by atoms with Gasteiger partial charge in [0, 0.05) is 31.1 Å². The summed E-state index contributed by atoms with van der Waals surface area (Å²) in [4.78, 5) is 6.67. The van der Waals surface area contributed by atoms with Crippen LogP contribution in [0.25, 0.3) is 0 Å². The van der Waals surface area contributed by atoms with Crippen LogP contribution in [0.3, 0.4) is 0 Å². The third-order valence-corrected chi connectivity index (χ3v) is 4.14. The zero-order valence-corrected chi connectivity index (χ0v) is 10.8. The van der Waals surface area contributed by atoms with Crippen molar-refractivity contribution >= 4 is 0 Å². The molecule has 0 bridgehead atoms. The smallest absolute Gasteiger partial charge is 0.0434 e. The number of likely N-dealkylation sites (tertiary alicyclic amines) is 1. The van der Waals surface area contributed by atoms with E-state index < -0.39 is 0 Å². The molecule has 0 aliphatic carbocycles. The summed E-state index contributed by atoms with van der Waals surface area (Å²) in [5.74, 6) is 0.601. The van der Waals surface area contributed by atoms with Gasteiger partial charge in [0.2, 0.25) is 0 Å². The summed E-state index contributed by atoms with van der Waals surface area (Å²) in [6, 6.07) is 4.12. The number of rotatable bonds is 4. The van der Waals surface area contributed by atoms with E-state index in [0.717, 1.165) is 19.5 Å². The summed E-state index contributed by atoms with van der Waals surface area (Å²) >= 11 is 0. The minimum atomic E-state index is 0.179. The standard InChI is InChI=1S/C14H22N2O/c1-14(2)13(6-9-17)5-8-16(14)11-12-4-3-7-15-10-12/h3-4,7,10,13,17H,5-6,8-9,11H2,1-2H3. The van der Waals surface area contributed by atoms with Crippen molar-refractivity contribution in [1.82, 2.24) is 9.88 Å². The summed E-state index contributed by atoms with van der Waals surface area (Å²) < 4.78 is 0. The van der Waals surface area contributed by atoms with Crippen LogP contribution >= 0.6 is 0 Å². The van der Waals surface area contributed by atoms with Gasteiger partial charge >= 0.3 is 0 Å². The minimum Gasteiger partial charge on any atom is -0.396 e. The molecule has 1 atom stereocenters. The lowest BCUT2D eigenvalue weighted by Crippen LogP contribution is -2.42.